The lowest BCUT2D eigenvalue weighted by Gasteiger charge is -2.31. The molecule has 21 heavy (non-hydrogen) atoms. The van der Waals surface area contributed by atoms with Crippen molar-refractivity contribution in [2.45, 2.75) is 38.3 Å². The van der Waals surface area contributed by atoms with Crippen molar-refractivity contribution in [3.8, 4) is 5.75 Å². The summed E-state index contributed by atoms with van der Waals surface area (Å²) in [7, 11) is 1.71. The normalized spacial score (nSPS) is 20.2. The minimum absolute atomic E-state index is 0.355. The molecular formula is C17H27NO2S. The lowest BCUT2D eigenvalue weighted by molar-refractivity contribution is 0.0449. The Labute approximate surface area is 132 Å². The van der Waals surface area contributed by atoms with E-state index < -0.39 is 0 Å². The number of nitrogens with one attached hydrogen (secondary N) is 1. The Morgan fingerprint density at radius 1 is 1.38 bits per heavy atom. The average molecular weight is 309 g/mol. The van der Waals surface area contributed by atoms with Crippen LogP contribution in [0.5, 0.6) is 5.75 Å². The second-order valence-electron chi connectivity index (χ2n) is 5.43. The predicted molar refractivity (Wildman–Crippen MR) is 90.5 cm³/mol. The van der Waals surface area contributed by atoms with E-state index in [0.29, 0.717) is 12.1 Å². The van der Waals surface area contributed by atoms with Gasteiger partial charge in [-0.1, -0.05) is 19.1 Å². The van der Waals surface area contributed by atoms with Gasteiger partial charge in [-0.3, -0.25) is 0 Å². The molecule has 0 radical (unpaired) electrons. The van der Waals surface area contributed by atoms with Gasteiger partial charge in [0.15, 0.2) is 0 Å². The van der Waals surface area contributed by atoms with E-state index in [9.17, 15) is 0 Å². The first-order chi connectivity index (χ1) is 10.3. The molecule has 0 spiro atoms. The standard InChI is InChI=1S/C17H27NO2S/c1-3-10-18-16(17-13-21-12-11-20-17)9-6-14-4-7-15(19-2)8-5-14/h4-5,7-8,16-18H,3,6,9-13H2,1-2H3. The molecule has 1 saturated heterocycles. The van der Waals surface area contributed by atoms with Crippen molar-refractivity contribution in [2.75, 3.05) is 31.8 Å². The highest BCUT2D eigenvalue weighted by Crippen LogP contribution is 2.19. The van der Waals surface area contributed by atoms with Gasteiger partial charge in [-0.05, 0) is 43.5 Å². The van der Waals surface area contributed by atoms with Gasteiger partial charge in [-0.2, -0.15) is 11.8 Å². The number of rotatable bonds is 8. The van der Waals surface area contributed by atoms with Gasteiger partial charge < -0.3 is 14.8 Å². The number of hydrogen-bond donors (Lipinski definition) is 1. The highest BCUT2D eigenvalue weighted by atomic mass is 32.2. The molecule has 2 rings (SSSR count). The Morgan fingerprint density at radius 2 is 2.19 bits per heavy atom. The van der Waals surface area contributed by atoms with Crippen LogP contribution in [-0.4, -0.2) is 43.9 Å². The van der Waals surface area contributed by atoms with Crippen molar-refractivity contribution in [1.82, 2.24) is 5.32 Å². The predicted octanol–water partition coefficient (Wildman–Crippen LogP) is 3.13. The summed E-state index contributed by atoms with van der Waals surface area (Å²) in [5.41, 5.74) is 1.36. The van der Waals surface area contributed by atoms with Crippen LogP contribution in [0.25, 0.3) is 0 Å². The van der Waals surface area contributed by atoms with Crippen LogP contribution in [-0.2, 0) is 11.2 Å². The molecule has 1 fully saturated rings. The summed E-state index contributed by atoms with van der Waals surface area (Å²) < 4.78 is 11.2. The molecule has 3 nitrogen and oxygen atoms in total. The minimum atomic E-state index is 0.355. The first kappa shape index (κ1) is 16.7. The third kappa shape index (κ3) is 5.53. The van der Waals surface area contributed by atoms with Crippen LogP contribution in [0.1, 0.15) is 25.3 Å². The van der Waals surface area contributed by atoms with Crippen molar-refractivity contribution in [3.63, 3.8) is 0 Å². The first-order valence-electron chi connectivity index (χ1n) is 7.89. The molecule has 2 unspecified atom stereocenters. The topological polar surface area (TPSA) is 30.5 Å². The number of hydrogen-bond acceptors (Lipinski definition) is 4. The van der Waals surface area contributed by atoms with E-state index in [1.807, 2.05) is 23.9 Å². The van der Waals surface area contributed by atoms with Gasteiger partial charge in [0, 0.05) is 17.5 Å². The zero-order valence-corrected chi connectivity index (χ0v) is 14.0. The fraction of sp³-hybridized carbons (Fsp3) is 0.647. The van der Waals surface area contributed by atoms with Gasteiger partial charge in [0.25, 0.3) is 0 Å². The molecule has 4 heteroatoms. The lowest BCUT2D eigenvalue weighted by atomic mass is 10.0. The molecule has 1 aromatic carbocycles. The number of methoxy groups -OCH3 is 1. The molecule has 0 aliphatic carbocycles. The Balaban J connectivity index is 1.87. The van der Waals surface area contributed by atoms with E-state index in [1.54, 1.807) is 7.11 Å². The summed E-state index contributed by atoms with van der Waals surface area (Å²) >= 11 is 2.01. The summed E-state index contributed by atoms with van der Waals surface area (Å²) in [5, 5.41) is 3.67. The van der Waals surface area contributed by atoms with Crippen LogP contribution >= 0.6 is 11.8 Å². The Morgan fingerprint density at radius 3 is 2.81 bits per heavy atom. The Kier molecular flexibility index (Phi) is 7.41. The van der Waals surface area contributed by atoms with Gasteiger partial charge in [0.1, 0.15) is 5.75 Å². The molecule has 0 amide bonds. The largest absolute Gasteiger partial charge is 0.497 e. The number of benzene rings is 1. The number of aryl methyl sites for hydroxylation is 1. The summed E-state index contributed by atoms with van der Waals surface area (Å²) in [5.74, 6) is 3.17. The van der Waals surface area contributed by atoms with Crippen molar-refractivity contribution >= 4 is 11.8 Å². The van der Waals surface area contributed by atoms with Crippen molar-refractivity contribution < 1.29 is 9.47 Å². The van der Waals surface area contributed by atoms with Crippen LogP contribution in [0.4, 0.5) is 0 Å². The van der Waals surface area contributed by atoms with E-state index in [4.69, 9.17) is 9.47 Å². The number of thioether (sulfide) groups is 1. The monoisotopic (exact) mass is 309 g/mol. The van der Waals surface area contributed by atoms with E-state index in [1.165, 1.54) is 12.0 Å². The smallest absolute Gasteiger partial charge is 0.118 e. The fourth-order valence-electron chi connectivity index (χ4n) is 2.60. The zero-order valence-electron chi connectivity index (χ0n) is 13.1. The van der Waals surface area contributed by atoms with Crippen molar-refractivity contribution in [2.24, 2.45) is 0 Å². The van der Waals surface area contributed by atoms with Gasteiger partial charge in [-0.15, -0.1) is 0 Å². The van der Waals surface area contributed by atoms with Gasteiger partial charge in [-0.25, -0.2) is 0 Å². The highest BCUT2D eigenvalue weighted by molar-refractivity contribution is 7.99. The van der Waals surface area contributed by atoms with Crippen LogP contribution in [0.15, 0.2) is 24.3 Å². The summed E-state index contributed by atoms with van der Waals surface area (Å²) in [6.07, 6.45) is 3.72. The maximum absolute atomic E-state index is 5.96. The summed E-state index contributed by atoms with van der Waals surface area (Å²) in [6.45, 7) is 4.17. The summed E-state index contributed by atoms with van der Waals surface area (Å²) in [6, 6.07) is 8.85. The van der Waals surface area contributed by atoms with Crippen LogP contribution < -0.4 is 10.1 Å². The summed E-state index contributed by atoms with van der Waals surface area (Å²) in [4.78, 5) is 0. The quantitative estimate of drug-likeness (QED) is 0.799. The SMILES string of the molecule is CCCNC(CCc1ccc(OC)cc1)C1CSCCO1. The lowest BCUT2D eigenvalue weighted by Crippen LogP contribution is -2.45. The van der Waals surface area contributed by atoms with Crippen LogP contribution in [0.3, 0.4) is 0 Å². The molecule has 2 atom stereocenters. The Hall–Kier alpha value is -0.710. The Bertz CT molecular complexity index is 390. The van der Waals surface area contributed by atoms with E-state index in [-0.39, 0.29) is 0 Å². The van der Waals surface area contributed by atoms with Gasteiger partial charge >= 0.3 is 0 Å². The fourth-order valence-corrected chi connectivity index (χ4v) is 3.54. The average Bonchev–Trinajstić information content (AvgIpc) is 2.56. The number of ether oxygens (including phenoxy) is 2. The first-order valence-corrected chi connectivity index (χ1v) is 9.04. The molecular weight excluding hydrogens is 282 g/mol. The molecule has 1 aliphatic rings. The molecule has 1 aromatic rings. The second kappa shape index (κ2) is 9.34. The van der Waals surface area contributed by atoms with Crippen molar-refractivity contribution in [3.05, 3.63) is 29.8 Å². The third-order valence-electron chi connectivity index (χ3n) is 3.85. The van der Waals surface area contributed by atoms with E-state index >= 15 is 0 Å². The molecule has 0 aromatic heterocycles. The molecule has 118 valence electrons. The van der Waals surface area contributed by atoms with E-state index in [2.05, 4.69) is 24.4 Å². The van der Waals surface area contributed by atoms with Gasteiger partial charge in [0.2, 0.25) is 0 Å². The molecule has 0 bridgehead atoms. The minimum Gasteiger partial charge on any atom is -0.497 e. The highest BCUT2D eigenvalue weighted by Gasteiger charge is 2.24. The molecule has 1 heterocycles. The molecule has 0 saturated carbocycles. The van der Waals surface area contributed by atoms with Crippen LogP contribution in [0, 0.1) is 0 Å². The zero-order chi connectivity index (χ0) is 14.9. The molecule has 1 aliphatic heterocycles. The maximum Gasteiger partial charge on any atom is 0.118 e. The second-order valence-corrected chi connectivity index (χ2v) is 6.58. The van der Waals surface area contributed by atoms with Crippen molar-refractivity contribution in [1.29, 1.82) is 0 Å². The van der Waals surface area contributed by atoms with Gasteiger partial charge in [0.05, 0.1) is 19.8 Å². The van der Waals surface area contributed by atoms with Crippen LogP contribution in [0.2, 0.25) is 0 Å². The van der Waals surface area contributed by atoms with E-state index in [0.717, 1.165) is 43.2 Å². The third-order valence-corrected chi connectivity index (χ3v) is 4.87. The maximum atomic E-state index is 5.96. The molecule has 1 N–H and O–H groups in total.